The summed E-state index contributed by atoms with van der Waals surface area (Å²) in [6.07, 6.45) is 2.50. The van der Waals surface area contributed by atoms with Gasteiger partial charge in [-0.1, -0.05) is 12.1 Å². The van der Waals surface area contributed by atoms with E-state index < -0.39 is 0 Å². The molecule has 0 unspecified atom stereocenters. The molecule has 2 rings (SSSR count). The number of nitrogens with one attached hydrogen (secondary N) is 1. The van der Waals surface area contributed by atoms with Crippen molar-refractivity contribution in [3.05, 3.63) is 42.6 Å². The summed E-state index contributed by atoms with van der Waals surface area (Å²) in [4.78, 5) is 15.7. The van der Waals surface area contributed by atoms with Gasteiger partial charge in [-0.3, -0.25) is 4.79 Å². The molecule has 7 heteroatoms. The molecule has 1 aromatic carbocycles. The van der Waals surface area contributed by atoms with E-state index in [9.17, 15) is 4.79 Å². The van der Waals surface area contributed by atoms with Gasteiger partial charge in [-0.25, -0.2) is 4.98 Å². The molecule has 0 bridgehead atoms. The fourth-order valence-corrected chi connectivity index (χ4v) is 1.96. The predicted octanol–water partition coefficient (Wildman–Crippen LogP) is 3.28. The van der Waals surface area contributed by atoms with Gasteiger partial charge < -0.3 is 20.5 Å². The fourth-order valence-electron chi connectivity index (χ4n) is 1.96. The Morgan fingerprint density at radius 3 is 2.50 bits per heavy atom. The predicted molar refractivity (Wildman–Crippen MR) is 96.9 cm³/mol. The SMILES string of the molecule is CCOc1ccccc1OCCCC(=O)Nc1ccc(N)nc1.Cl. The van der Waals surface area contributed by atoms with E-state index in [1.54, 1.807) is 12.1 Å². The van der Waals surface area contributed by atoms with Crippen LogP contribution in [0.25, 0.3) is 0 Å². The second kappa shape index (κ2) is 10.3. The normalized spacial score (nSPS) is 9.71. The van der Waals surface area contributed by atoms with Gasteiger partial charge in [0, 0.05) is 6.42 Å². The van der Waals surface area contributed by atoms with Crippen molar-refractivity contribution in [3.63, 3.8) is 0 Å². The van der Waals surface area contributed by atoms with Gasteiger partial charge in [-0.15, -0.1) is 12.4 Å². The van der Waals surface area contributed by atoms with Crippen LogP contribution in [0.2, 0.25) is 0 Å². The Morgan fingerprint density at radius 2 is 1.88 bits per heavy atom. The molecule has 3 N–H and O–H groups in total. The van der Waals surface area contributed by atoms with Gasteiger partial charge in [0.1, 0.15) is 5.82 Å². The van der Waals surface area contributed by atoms with Crippen LogP contribution in [0.1, 0.15) is 19.8 Å². The molecule has 130 valence electrons. The molecule has 0 aliphatic heterocycles. The number of para-hydroxylation sites is 2. The first-order valence-electron chi connectivity index (χ1n) is 7.55. The number of aromatic nitrogens is 1. The number of carbonyl (C=O) groups is 1. The van der Waals surface area contributed by atoms with Crippen molar-refractivity contribution in [2.75, 3.05) is 24.3 Å². The van der Waals surface area contributed by atoms with Crippen LogP contribution in [0.15, 0.2) is 42.6 Å². The van der Waals surface area contributed by atoms with Crippen LogP contribution in [0.4, 0.5) is 11.5 Å². The molecule has 24 heavy (non-hydrogen) atoms. The average Bonchev–Trinajstić information content (AvgIpc) is 2.55. The third-order valence-corrected chi connectivity index (χ3v) is 3.02. The van der Waals surface area contributed by atoms with E-state index in [4.69, 9.17) is 15.2 Å². The number of nitrogen functional groups attached to an aromatic ring is 1. The first-order chi connectivity index (χ1) is 11.2. The Morgan fingerprint density at radius 1 is 1.17 bits per heavy atom. The highest BCUT2D eigenvalue weighted by Gasteiger charge is 2.05. The highest BCUT2D eigenvalue weighted by atomic mass is 35.5. The lowest BCUT2D eigenvalue weighted by molar-refractivity contribution is -0.116. The summed E-state index contributed by atoms with van der Waals surface area (Å²) in [5.74, 6) is 1.74. The maximum atomic E-state index is 11.8. The molecule has 0 saturated heterocycles. The molecular weight excluding hydrogens is 330 g/mol. The van der Waals surface area contributed by atoms with Crippen LogP contribution in [0.3, 0.4) is 0 Å². The summed E-state index contributed by atoms with van der Waals surface area (Å²) >= 11 is 0. The van der Waals surface area contributed by atoms with Gasteiger partial charge in [-0.2, -0.15) is 0 Å². The van der Waals surface area contributed by atoms with Gasteiger partial charge in [0.05, 0.1) is 25.1 Å². The van der Waals surface area contributed by atoms with E-state index in [1.165, 1.54) is 6.20 Å². The molecule has 6 nitrogen and oxygen atoms in total. The topological polar surface area (TPSA) is 86.5 Å². The van der Waals surface area contributed by atoms with Gasteiger partial charge in [0.25, 0.3) is 0 Å². The number of pyridine rings is 1. The molecule has 0 radical (unpaired) electrons. The Labute approximate surface area is 147 Å². The monoisotopic (exact) mass is 351 g/mol. The first-order valence-corrected chi connectivity index (χ1v) is 7.55. The van der Waals surface area contributed by atoms with Crippen molar-refractivity contribution < 1.29 is 14.3 Å². The van der Waals surface area contributed by atoms with E-state index in [0.717, 1.165) is 0 Å². The highest BCUT2D eigenvalue weighted by molar-refractivity contribution is 5.90. The molecular formula is C17H22ClN3O3. The van der Waals surface area contributed by atoms with Gasteiger partial charge in [0.2, 0.25) is 5.91 Å². The van der Waals surface area contributed by atoms with Crippen molar-refractivity contribution in [1.82, 2.24) is 4.98 Å². The zero-order valence-electron chi connectivity index (χ0n) is 13.5. The number of nitrogens with zero attached hydrogens (tertiary/aromatic N) is 1. The number of nitrogens with two attached hydrogens (primary N) is 1. The second-order valence-corrected chi connectivity index (χ2v) is 4.85. The number of hydrogen-bond donors (Lipinski definition) is 2. The van der Waals surface area contributed by atoms with Gasteiger partial charge >= 0.3 is 0 Å². The maximum absolute atomic E-state index is 11.8. The van der Waals surface area contributed by atoms with Crippen molar-refractivity contribution >= 4 is 29.8 Å². The smallest absolute Gasteiger partial charge is 0.224 e. The lowest BCUT2D eigenvalue weighted by atomic mass is 10.3. The number of benzene rings is 1. The minimum absolute atomic E-state index is 0. The van der Waals surface area contributed by atoms with Gasteiger partial charge in [-0.05, 0) is 37.6 Å². The summed E-state index contributed by atoms with van der Waals surface area (Å²) in [5, 5.41) is 2.76. The molecule has 1 amide bonds. The number of ether oxygens (including phenoxy) is 2. The molecule has 0 spiro atoms. The number of amides is 1. The number of halogens is 1. The zero-order chi connectivity index (χ0) is 16.5. The van der Waals surface area contributed by atoms with E-state index in [1.807, 2.05) is 31.2 Å². The zero-order valence-corrected chi connectivity index (χ0v) is 14.3. The van der Waals surface area contributed by atoms with E-state index >= 15 is 0 Å². The second-order valence-electron chi connectivity index (χ2n) is 4.85. The third-order valence-electron chi connectivity index (χ3n) is 3.02. The minimum atomic E-state index is -0.0849. The molecule has 0 saturated carbocycles. The van der Waals surface area contributed by atoms with Crippen molar-refractivity contribution in [2.45, 2.75) is 19.8 Å². The molecule has 0 aliphatic carbocycles. The Bertz CT molecular complexity index is 635. The van der Waals surface area contributed by atoms with Crippen LogP contribution in [0, 0.1) is 0 Å². The quantitative estimate of drug-likeness (QED) is 0.713. The summed E-state index contributed by atoms with van der Waals surface area (Å²) in [6, 6.07) is 10.9. The lowest BCUT2D eigenvalue weighted by Crippen LogP contribution is -2.13. The molecule has 1 aromatic heterocycles. The van der Waals surface area contributed by atoms with Crippen molar-refractivity contribution in [1.29, 1.82) is 0 Å². The summed E-state index contributed by atoms with van der Waals surface area (Å²) in [5.41, 5.74) is 6.13. The summed E-state index contributed by atoms with van der Waals surface area (Å²) in [7, 11) is 0. The van der Waals surface area contributed by atoms with E-state index in [2.05, 4.69) is 10.3 Å². The highest BCUT2D eigenvalue weighted by Crippen LogP contribution is 2.26. The Kier molecular flexibility index (Phi) is 8.43. The number of anilines is 2. The van der Waals surface area contributed by atoms with E-state index in [-0.39, 0.29) is 18.3 Å². The average molecular weight is 352 g/mol. The van der Waals surface area contributed by atoms with Crippen LogP contribution < -0.4 is 20.5 Å². The minimum Gasteiger partial charge on any atom is -0.490 e. The summed E-state index contributed by atoms with van der Waals surface area (Å²) in [6.45, 7) is 2.95. The number of hydrogen-bond acceptors (Lipinski definition) is 5. The largest absolute Gasteiger partial charge is 0.490 e. The Hall–Kier alpha value is -2.47. The van der Waals surface area contributed by atoms with Crippen molar-refractivity contribution in [2.24, 2.45) is 0 Å². The van der Waals surface area contributed by atoms with Gasteiger partial charge in [0.15, 0.2) is 11.5 Å². The van der Waals surface area contributed by atoms with Crippen LogP contribution >= 0.6 is 12.4 Å². The van der Waals surface area contributed by atoms with Crippen LogP contribution in [-0.4, -0.2) is 24.1 Å². The number of rotatable bonds is 8. The molecule has 2 aromatic rings. The molecule has 0 atom stereocenters. The van der Waals surface area contributed by atoms with Crippen LogP contribution in [-0.2, 0) is 4.79 Å². The standard InChI is InChI=1S/C17H21N3O3.ClH/c1-2-22-14-6-3-4-7-15(14)23-11-5-8-17(21)20-13-9-10-16(18)19-12-13;/h3-4,6-7,9-10,12H,2,5,8,11H2,1H3,(H2,18,19)(H,20,21);1H. The number of carbonyl (C=O) groups excluding carboxylic acids is 1. The maximum Gasteiger partial charge on any atom is 0.224 e. The summed E-state index contributed by atoms with van der Waals surface area (Å²) < 4.78 is 11.2. The molecule has 0 fully saturated rings. The lowest BCUT2D eigenvalue weighted by Gasteiger charge is -2.11. The first kappa shape index (κ1) is 19.6. The Balaban J connectivity index is 0.00000288. The van der Waals surface area contributed by atoms with Crippen molar-refractivity contribution in [3.8, 4) is 11.5 Å². The van der Waals surface area contributed by atoms with E-state index in [0.29, 0.717) is 49.1 Å². The fraction of sp³-hybridized carbons (Fsp3) is 0.294. The van der Waals surface area contributed by atoms with Crippen LogP contribution in [0.5, 0.6) is 11.5 Å². The molecule has 0 aliphatic rings. The molecule has 1 heterocycles. The third kappa shape index (κ3) is 6.34.